The van der Waals surface area contributed by atoms with Gasteiger partial charge in [-0.15, -0.1) is 0 Å². The Kier molecular flexibility index (Phi) is 4.01. The Labute approximate surface area is 152 Å². The third kappa shape index (κ3) is 2.97. The Bertz CT molecular complexity index is 960. The van der Waals surface area contributed by atoms with Gasteiger partial charge in [0.1, 0.15) is 17.2 Å². The molecular weight excluding hydrogens is 326 g/mol. The van der Waals surface area contributed by atoms with Gasteiger partial charge in [-0.3, -0.25) is 0 Å². The minimum Gasteiger partial charge on any atom is -0.508 e. The van der Waals surface area contributed by atoms with Crippen LogP contribution in [0, 0.1) is 0 Å². The fourth-order valence-electron chi connectivity index (χ4n) is 3.22. The highest BCUT2D eigenvalue weighted by Gasteiger charge is 2.20. The van der Waals surface area contributed by atoms with Gasteiger partial charge < -0.3 is 19.8 Å². The summed E-state index contributed by atoms with van der Waals surface area (Å²) in [6.45, 7) is 0.694. The van der Waals surface area contributed by atoms with Crippen molar-refractivity contribution in [1.29, 1.82) is 0 Å². The summed E-state index contributed by atoms with van der Waals surface area (Å²) in [7, 11) is 1.65. The van der Waals surface area contributed by atoms with Gasteiger partial charge in [0.25, 0.3) is 0 Å². The van der Waals surface area contributed by atoms with Crippen LogP contribution in [0.15, 0.2) is 72.9 Å². The minimum absolute atomic E-state index is 0.246. The van der Waals surface area contributed by atoms with Crippen LogP contribution in [0.4, 0.5) is 5.69 Å². The van der Waals surface area contributed by atoms with Gasteiger partial charge in [-0.05, 0) is 65.2 Å². The van der Waals surface area contributed by atoms with Crippen LogP contribution >= 0.6 is 0 Å². The number of benzene rings is 3. The molecule has 4 rings (SSSR count). The summed E-state index contributed by atoms with van der Waals surface area (Å²) in [5.74, 6) is 1.30. The van der Waals surface area contributed by atoms with Crippen molar-refractivity contribution in [1.82, 2.24) is 0 Å². The van der Waals surface area contributed by atoms with Gasteiger partial charge in [-0.25, -0.2) is 0 Å². The average molecular weight is 345 g/mol. The van der Waals surface area contributed by atoms with Crippen molar-refractivity contribution in [2.75, 3.05) is 12.0 Å². The van der Waals surface area contributed by atoms with Gasteiger partial charge in [0.05, 0.1) is 7.11 Å². The Morgan fingerprint density at radius 2 is 1.54 bits per heavy atom. The molecule has 0 atom stereocenters. The van der Waals surface area contributed by atoms with Crippen molar-refractivity contribution < 1.29 is 14.9 Å². The number of hydrogen-bond acceptors (Lipinski definition) is 4. The Hall–Kier alpha value is -3.40. The second kappa shape index (κ2) is 6.48. The molecule has 130 valence electrons. The number of methoxy groups -OCH3 is 1. The maximum absolute atomic E-state index is 9.96. The summed E-state index contributed by atoms with van der Waals surface area (Å²) < 4.78 is 5.25. The number of rotatable bonds is 3. The van der Waals surface area contributed by atoms with Crippen molar-refractivity contribution in [2.45, 2.75) is 6.54 Å². The number of anilines is 1. The highest BCUT2D eigenvalue weighted by molar-refractivity contribution is 5.85. The van der Waals surface area contributed by atoms with Crippen LogP contribution < -0.4 is 9.64 Å². The molecule has 0 fully saturated rings. The third-order valence-corrected chi connectivity index (χ3v) is 4.59. The maximum Gasteiger partial charge on any atom is 0.118 e. The molecule has 26 heavy (non-hydrogen) atoms. The standard InChI is InChI=1S/C22H19NO3/c1-26-20-10-3-15(4-11-20)22-14-23(17-5-8-18(24)9-6-17)13-16-2-7-19(25)12-21(16)22/h2-12,14,24-25H,13H2,1H3. The minimum atomic E-state index is 0.246. The molecule has 0 spiro atoms. The lowest BCUT2D eigenvalue weighted by molar-refractivity contribution is 0.415. The number of nitrogens with zero attached hydrogens (tertiary/aromatic N) is 1. The zero-order chi connectivity index (χ0) is 18.1. The summed E-state index contributed by atoms with van der Waals surface area (Å²) in [5.41, 5.74) is 5.21. The molecule has 0 amide bonds. The van der Waals surface area contributed by atoms with Gasteiger partial charge in [0.15, 0.2) is 0 Å². The van der Waals surface area contributed by atoms with Crippen LogP contribution in [-0.2, 0) is 6.54 Å². The van der Waals surface area contributed by atoms with E-state index in [0.717, 1.165) is 33.7 Å². The van der Waals surface area contributed by atoms with Crippen LogP contribution in [-0.4, -0.2) is 17.3 Å². The number of aromatic hydroxyl groups is 2. The smallest absolute Gasteiger partial charge is 0.118 e. The summed E-state index contributed by atoms with van der Waals surface area (Å²) in [4.78, 5) is 2.14. The van der Waals surface area contributed by atoms with E-state index in [0.29, 0.717) is 6.54 Å². The first kappa shape index (κ1) is 16.1. The quantitative estimate of drug-likeness (QED) is 0.733. The number of hydrogen-bond donors (Lipinski definition) is 2. The topological polar surface area (TPSA) is 52.9 Å². The molecule has 4 heteroatoms. The molecule has 0 radical (unpaired) electrons. The molecule has 4 nitrogen and oxygen atoms in total. The number of fused-ring (bicyclic) bond motifs is 1. The highest BCUT2D eigenvalue weighted by atomic mass is 16.5. The zero-order valence-electron chi connectivity index (χ0n) is 14.4. The molecule has 0 bridgehead atoms. The molecule has 1 aliphatic rings. The fourth-order valence-corrected chi connectivity index (χ4v) is 3.22. The second-order valence-corrected chi connectivity index (χ2v) is 6.26. The van der Waals surface area contributed by atoms with Gasteiger partial charge >= 0.3 is 0 Å². The van der Waals surface area contributed by atoms with Crippen molar-refractivity contribution in [2.24, 2.45) is 0 Å². The van der Waals surface area contributed by atoms with Crippen LogP contribution in [0.3, 0.4) is 0 Å². The lowest BCUT2D eigenvalue weighted by Gasteiger charge is -2.29. The molecule has 3 aromatic rings. The first-order chi connectivity index (χ1) is 12.6. The summed E-state index contributed by atoms with van der Waals surface area (Å²) in [5, 5.41) is 19.5. The van der Waals surface area contributed by atoms with Crippen molar-refractivity contribution in [3.8, 4) is 17.2 Å². The number of ether oxygens (including phenoxy) is 1. The van der Waals surface area contributed by atoms with E-state index in [4.69, 9.17) is 4.74 Å². The zero-order valence-corrected chi connectivity index (χ0v) is 14.4. The first-order valence-electron chi connectivity index (χ1n) is 8.38. The second-order valence-electron chi connectivity index (χ2n) is 6.26. The molecule has 1 aliphatic heterocycles. The normalized spacial score (nSPS) is 13.1. The van der Waals surface area contributed by atoms with Gasteiger partial charge in [0, 0.05) is 24.0 Å². The number of phenols is 2. The third-order valence-electron chi connectivity index (χ3n) is 4.59. The van der Waals surface area contributed by atoms with Gasteiger partial charge in [0.2, 0.25) is 0 Å². The van der Waals surface area contributed by atoms with Crippen molar-refractivity contribution in [3.05, 3.63) is 89.6 Å². The molecule has 0 unspecified atom stereocenters. The monoisotopic (exact) mass is 345 g/mol. The van der Waals surface area contributed by atoms with E-state index in [1.54, 1.807) is 31.4 Å². The number of phenolic OH excluding ortho intramolecular Hbond substituents is 2. The van der Waals surface area contributed by atoms with Crippen LogP contribution in [0.2, 0.25) is 0 Å². The fraction of sp³-hybridized carbons (Fsp3) is 0.0909. The van der Waals surface area contributed by atoms with E-state index in [1.807, 2.05) is 42.5 Å². The Balaban J connectivity index is 1.82. The highest BCUT2D eigenvalue weighted by Crippen LogP contribution is 2.36. The SMILES string of the molecule is COc1ccc(C2=CN(c3ccc(O)cc3)Cc3ccc(O)cc32)cc1. The van der Waals surface area contributed by atoms with Crippen molar-refractivity contribution >= 4 is 11.3 Å². The summed E-state index contributed by atoms with van der Waals surface area (Å²) >= 11 is 0. The van der Waals surface area contributed by atoms with Gasteiger partial charge in [-0.1, -0.05) is 18.2 Å². The van der Waals surface area contributed by atoms with E-state index in [1.165, 1.54) is 0 Å². The molecule has 0 saturated carbocycles. The lowest BCUT2D eigenvalue weighted by Crippen LogP contribution is -2.21. The summed E-state index contributed by atoms with van der Waals surface area (Å²) in [6.07, 6.45) is 2.08. The van der Waals surface area contributed by atoms with Crippen LogP contribution in [0.25, 0.3) is 5.57 Å². The molecule has 0 aliphatic carbocycles. The maximum atomic E-state index is 9.96. The van der Waals surface area contributed by atoms with E-state index in [9.17, 15) is 10.2 Å². The molecule has 2 N–H and O–H groups in total. The van der Waals surface area contributed by atoms with E-state index in [-0.39, 0.29) is 11.5 Å². The molecule has 0 saturated heterocycles. The van der Waals surface area contributed by atoms with Crippen LogP contribution in [0.5, 0.6) is 17.2 Å². The molecule has 0 aromatic heterocycles. The van der Waals surface area contributed by atoms with E-state index < -0.39 is 0 Å². The van der Waals surface area contributed by atoms with Crippen molar-refractivity contribution in [3.63, 3.8) is 0 Å². The first-order valence-corrected chi connectivity index (χ1v) is 8.38. The predicted molar refractivity (Wildman–Crippen MR) is 102 cm³/mol. The van der Waals surface area contributed by atoms with Gasteiger partial charge in [-0.2, -0.15) is 0 Å². The lowest BCUT2D eigenvalue weighted by atomic mass is 9.91. The van der Waals surface area contributed by atoms with E-state index >= 15 is 0 Å². The Morgan fingerprint density at radius 1 is 0.846 bits per heavy atom. The average Bonchev–Trinajstić information content (AvgIpc) is 2.68. The molecular formula is C22H19NO3. The van der Waals surface area contributed by atoms with Crippen LogP contribution in [0.1, 0.15) is 16.7 Å². The predicted octanol–water partition coefficient (Wildman–Crippen LogP) is 4.52. The summed E-state index contributed by atoms with van der Waals surface area (Å²) in [6, 6.07) is 20.5. The molecule has 1 heterocycles. The van der Waals surface area contributed by atoms with E-state index in [2.05, 4.69) is 11.1 Å². The molecule has 3 aromatic carbocycles. The Morgan fingerprint density at radius 3 is 2.23 bits per heavy atom. The largest absolute Gasteiger partial charge is 0.508 e.